The highest BCUT2D eigenvalue weighted by Crippen LogP contribution is 2.35. The third-order valence-electron chi connectivity index (χ3n) is 2.50. The zero-order valence-corrected chi connectivity index (χ0v) is 8.54. The van der Waals surface area contributed by atoms with Gasteiger partial charge in [0.25, 0.3) is 0 Å². The summed E-state index contributed by atoms with van der Waals surface area (Å²) in [7, 11) is 1.67. The Balaban J connectivity index is 2.46. The molecule has 0 saturated carbocycles. The van der Waals surface area contributed by atoms with Crippen molar-refractivity contribution in [3.63, 3.8) is 0 Å². The van der Waals surface area contributed by atoms with Crippen molar-refractivity contribution in [2.45, 2.75) is 26.0 Å². The molecule has 0 amide bonds. The van der Waals surface area contributed by atoms with E-state index in [2.05, 4.69) is 6.92 Å². The molecule has 1 aliphatic rings. The van der Waals surface area contributed by atoms with Crippen LogP contribution in [0.15, 0.2) is 12.1 Å². The monoisotopic (exact) mass is 193 g/mol. The smallest absolute Gasteiger partial charge is 0.127 e. The lowest BCUT2D eigenvalue weighted by molar-refractivity contribution is 0.252. The Hall–Kier alpha value is -1.22. The molecule has 2 rings (SSSR count). The molecule has 0 bridgehead atoms. The van der Waals surface area contributed by atoms with Crippen molar-refractivity contribution in [2.24, 2.45) is 5.73 Å². The van der Waals surface area contributed by atoms with Crippen molar-refractivity contribution in [2.75, 3.05) is 7.11 Å². The van der Waals surface area contributed by atoms with Crippen LogP contribution >= 0.6 is 0 Å². The summed E-state index contributed by atoms with van der Waals surface area (Å²) in [5.74, 6) is 1.82. The van der Waals surface area contributed by atoms with E-state index in [1.807, 2.05) is 12.1 Å². The second-order valence-electron chi connectivity index (χ2n) is 3.61. The fraction of sp³-hybridized carbons (Fsp3) is 0.455. The molecule has 2 N–H and O–H groups in total. The fourth-order valence-corrected chi connectivity index (χ4v) is 1.85. The highest BCUT2D eigenvalue weighted by molar-refractivity contribution is 5.49. The van der Waals surface area contributed by atoms with Crippen LogP contribution in [0.4, 0.5) is 0 Å². The highest BCUT2D eigenvalue weighted by Gasteiger charge is 2.22. The van der Waals surface area contributed by atoms with Crippen molar-refractivity contribution in [3.05, 3.63) is 23.3 Å². The van der Waals surface area contributed by atoms with Gasteiger partial charge in [0, 0.05) is 24.1 Å². The van der Waals surface area contributed by atoms with Gasteiger partial charge in [0.05, 0.1) is 7.11 Å². The van der Waals surface area contributed by atoms with E-state index in [1.54, 1.807) is 7.11 Å². The minimum Gasteiger partial charge on any atom is -0.497 e. The van der Waals surface area contributed by atoms with Gasteiger partial charge in [-0.25, -0.2) is 0 Å². The number of ether oxygens (including phenoxy) is 2. The first-order valence-corrected chi connectivity index (χ1v) is 4.81. The SMILES string of the molecule is COc1cc(CN)c2c(c1)CC(C)O2. The van der Waals surface area contributed by atoms with Crippen LogP contribution in [0.3, 0.4) is 0 Å². The van der Waals surface area contributed by atoms with Gasteiger partial charge in [0.1, 0.15) is 17.6 Å². The molecule has 1 heterocycles. The second kappa shape index (κ2) is 3.50. The van der Waals surface area contributed by atoms with Crippen molar-refractivity contribution >= 4 is 0 Å². The van der Waals surface area contributed by atoms with E-state index in [0.717, 1.165) is 23.5 Å². The number of rotatable bonds is 2. The average molecular weight is 193 g/mol. The van der Waals surface area contributed by atoms with Gasteiger partial charge in [0.2, 0.25) is 0 Å². The molecule has 14 heavy (non-hydrogen) atoms. The van der Waals surface area contributed by atoms with E-state index >= 15 is 0 Å². The Morgan fingerprint density at radius 2 is 2.36 bits per heavy atom. The van der Waals surface area contributed by atoms with Gasteiger partial charge in [-0.2, -0.15) is 0 Å². The van der Waals surface area contributed by atoms with Crippen LogP contribution < -0.4 is 15.2 Å². The van der Waals surface area contributed by atoms with Crippen LogP contribution in [0.25, 0.3) is 0 Å². The zero-order valence-electron chi connectivity index (χ0n) is 8.54. The Kier molecular flexibility index (Phi) is 2.33. The lowest BCUT2D eigenvalue weighted by Gasteiger charge is -2.09. The van der Waals surface area contributed by atoms with Gasteiger partial charge >= 0.3 is 0 Å². The summed E-state index contributed by atoms with van der Waals surface area (Å²) in [6.45, 7) is 2.55. The second-order valence-corrected chi connectivity index (χ2v) is 3.61. The molecule has 76 valence electrons. The summed E-state index contributed by atoms with van der Waals surface area (Å²) in [5.41, 5.74) is 7.89. The maximum atomic E-state index is 5.69. The molecule has 0 saturated heterocycles. The van der Waals surface area contributed by atoms with Gasteiger partial charge in [-0.05, 0) is 19.1 Å². The van der Waals surface area contributed by atoms with E-state index in [4.69, 9.17) is 15.2 Å². The molecule has 0 aliphatic carbocycles. The molecule has 3 nitrogen and oxygen atoms in total. The van der Waals surface area contributed by atoms with E-state index < -0.39 is 0 Å². The first kappa shape index (κ1) is 9.34. The first-order chi connectivity index (χ1) is 6.74. The molecule has 0 fully saturated rings. The normalized spacial score (nSPS) is 18.9. The highest BCUT2D eigenvalue weighted by atomic mass is 16.5. The van der Waals surface area contributed by atoms with Gasteiger partial charge in [-0.3, -0.25) is 0 Å². The molecule has 1 aromatic rings. The molecule has 0 spiro atoms. The molecular weight excluding hydrogens is 178 g/mol. The summed E-state index contributed by atoms with van der Waals surface area (Å²) < 4.78 is 10.9. The van der Waals surface area contributed by atoms with Crippen molar-refractivity contribution in [1.82, 2.24) is 0 Å². The van der Waals surface area contributed by atoms with E-state index in [0.29, 0.717) is 6.54 Å². The van der Waals surface area contributed by atoms with Crippen LogP contribution in [0, 0.1) is 0 Å². The Morgan fingerprint density at radius 3 is 3.00 bits per heavy atom. The van der Waals surface area contributed by atoms with Crippen molar-refractivity contribution < 1.29 is 9.47 Å². The zero-order chi connectivity index (χ0) is 10.1. The average Bonchev–Trinajstić information content (AvgIpc) is 2.56. The first-order valence-electron chi connectivity index (χ1n) is 4.81. The van der Waals surface area contributed by atoms with Crippen LogP contribution in [0.1, 0.15) is 18.1 Å². The standard InChI is InChI=1S/C11H15NO2/c1-7-3-8-4-10(13-2)5-9(6-12)11(8)14-7/h4-5,7H,3,6,12H2,1-2H3. The predicted octanol–water partition coefficient (Wildman–Crippen LogP) is 1.48. The topological polar surface area (TPSA) is 44.5 Å². The molecule has 1 aromatic carbocycles. The summed E-state index contributed by atoms with van der Waals surface area (Å²) in [6.07, 6.45) is 1.20. The summed E-state index contributed by atoms with van der Waals surface area (Å²) >= 11 is 0. The van der Waals surface area contributed by atoms with Gasteiger partial charge in [0.15, 0.2) is 0 Å². The summed E-state index contributed by atoms with van der Waals surface area (Å²) in [5, 5.41) is 0. The molecule has 1 atom stereocenters. The van der Waals surface area contributed by atoms with E-state index in [1.165, 1.54) is 5.56 Å². The number of nitrogens with two attached hydrogens (primary N) is 1. The summed E-state index contributed by atoms with van der Waals surface area (Å²) in [4.78, 5) is 0. The minimum absolute atomic E-state index is 0.252. The molecule has 1 aliphatic heterocycles. The number of hydrogen-bond acceptors (Lipinski definition) is 3. The number of benzene rings is 1. The Labute approximate surface area is 83.8 Å². The third-order valence-corrected chi connectivity index (χ3v) is 2.50. The quantitative estimate of drug-likeness (QED) is 0.773. The van der Waals surface area contributed by atoms with E-state index in [9.17, 15) is 0 Å². The van der Waals surface area contributed by atoms with Crippen LogP contribution in [-0.2, 0) is 13.0 Å². The van der Waals surface area contributed by atoms with Crippen LogP contribution in [0.2, 0.25) is 0 Å². The van der Waals surface area contributed by atoms with Gasteiger partial charge in [-0.15, -0.1) is 0 Å². The van der Waals surface area contributed by atoms with E-state index in [-0.39, 0.29) is 6.10 Å². The maximum Gasteiger partial charge on any atom is 0.127 e. The van der Waals surface area contributed by atoms with Gasteiger partial charge < -0.3 is 15.2 Å². The van der Waals surface area contributed by atoms with Crippen molar-refractivity contribution in [1.29, 1.82) is 0 Å². The maximum absolute atomic E-state index is 5.69. The molecule has 1 unspecified atom stereocenters. The third kappa shape index (κ3) is 1.44. The number of methoxy groups -OCH3 is 1. The number of fused-ring (bicyclic) bond motifs is 1. The largest absolute Gasteiger partial charge is 0.497 e. The molecule has 0 radical (unpaired) electrons. The lowest BCUT2D eigenvalue weighted by Crippen LogP contribution is -2.06. The fourth-order valence-electron chi connectivity index (χ4n) is 1.85. The predicted molar refractivity (Wildman–Crippen MR) is 54.7 cm³/mol. The Morgan fingerprint density at radius 1 is 1.57 bits per heavy atom. The lowest BCUT2D eigenvalue weighted by atomic mass is 10.1. The minimum atomic E-state index is 0.252. The van der Waals surface area contributed by atoms with Gasteiger partial charge in [-0.1, -0.05) is 0 Å². The molecular formula is C11H15NO2. The van der Waals surface area contributed by atoms with Crippen LogP contribution in [0.5, 0.6) is 11.5 Å². The summed E-state index contributed by atoms with van der Waals surface area (Å²) in [6, 6.07) is 3.97. The molecule has 0 aromatic heterocycles. The molecule has 3 heteroatoms. The Bertz CT molecular complexity index is 349. The number of hydrogen-bond donors (Lipinski definition) is 1. The van der Waals surface area contributed by atoms with Crippen LogP contribution in [-0.4, -0.2) is 13.2 Å². The van der Waals surface area contributed by atoms with Crippen molar-refractivity contribution in [3.8, 4) is 11.5 Å².